The van der Waals surface area contributed by atoms with Crippen molar-refractivity contribution in [1.82, 2.24) is 14.3 Å². The first-order valence-electron chi connectivity index (χ1n) is 9.54. The van der Waals surface area contributed by atoms with E-state index in [4.69, 9.17) is 4.74 Å². The fraction of sp³-hybridized carbons (Fsp3) is 0.286. The van der Waals surface area contributed by atoms with Crippen molar-refractivity contribution < 1.29 is 17.9 Å². The monoisotopic (exact) mass is 432 g/mol. The third-order valence-corrected chi connectivity index (χ3v) is 5.27. The van der Waals surface area contributed by atoms with Gasteiger partial charge in [-0.05, 0) is 43.5 Å². The van der Waals surface area contributed by atoms with Gasteiger partial charge in [0.05, 0.1) is 18.4 Å². The molecule has 10 heteroatoms. The summed E-state index contributed by atoms with van der Waals surface area (Å²) in [5, 5.41) is 7.36. The molecule has 0 amide bonds. The first-order chi connectivity index (χ1) is 14.7. The van der Waals surface area contributed by atoms with Crippen LogP contribution in [0.1, 0.15) is 23.1 Å². The summed E-state index contributed by atoms with van der Waals surface area (Å²) in [7, 11) is 2.74. The van der Waals surface area contributed by atoms with Crippen molar-refractivity contribution in [1.29, 1.82) is 0 Å². The SMILES string of the molecule is COc1cc(-n2nc(Nc3cccn(C)c3=O)c3c(c2=O)CCC3)ccc1C(F)(F)F. The van der Waals surface area contributed by atoms with E-state index >= 15 is 0 Å². The molecule has 1 aromatic carbocycles. The molecule has 1 aliphatic rings. The number of aromatic nitrogens is 3. The van der Waals surface area contributed by atoms with E-state index in [0.29, 0.717) is 29.8 Å². The molecular weight excluding hydrogens is 413 g/mol. The van der Waals surface area contributed by atoms with Crippen molar-refractivity contribution in [3.05, 3.63) is 73.9 Å². The maximum Gasteiger partial charge on any atom is 0.419 e. The molecule has 0 aliphatic heterocycles. The Balaban J connectivity index is 1.87. The molecule has 162 valence electrons. The molecule has 31 heavy (non-hydrogen) atoms. The second-order valence-corrected chi connectivity index (χ2v) is 7.22. The lowest BCUT2D eigenvalue weighted by molar-refractivity contribution is -0.138. The van der Waals surface area contributed by atoms with E-state index in [1.807, 2.05) is 0 Å². The van der Waals surface area contributed by atoms with E-state index in [2.05, 4.69) is 10.4 Å². The fourth-order valence-electron chi connectivity index (χ4n) is 3.72. The van der Waals surface area contributed by atoms with Crippen molar-refractivity contribution in [2.24, 2.45) is 7.05 Å². The third-order valence-electron chi connectivity index (χ3n) is 5.27. The average Bonchev–Trinajstić information content (AvgIpc) is 3.23. The minimum atomic E-state index is -4.60. The topological polar surface area (TPSA) is 78.2 Å². The first kappa shape index (κ1) is 20.7. The normalized spacial score (nSPS) is 13.2. The van der Waals surface area contributed by atoms with Gasteiger partial charge < -0.3 is 14.6 Å². The highest BCUT2D eigenvalue weighted by molar-refractivity contribution is 5.61. The van der Waals surface area contributed by atoms with Gasteiger partial charge in [0.15, 0.2) is 5.82 Å². The van der Waals surface area contributed by atoms with Crippen LogP contribution >= 0.6 is 0 Å². The lowest BCUT2D eigenvalue weighted by Gasteiger charge is -2.16. The Morgan fingerprint density at radius 2 is 1.84 bits per heavy atom. The van der Waals surface area contributed by atoms with Gasteiger partial charge in [0.2, 0.25) is 0 Å². The van der Waals surface area contributed by atoms with Crippen LogP contribution in [0.25, 0.3) is 5.69 Å². The number of nitrogens with zero attached hydrogens (tertiary/aromatic N) is 3. The van der Waals surface area contributed by atoms with Crippen LogP contribution in [-0.2, 0) is 26.1 Å². The van der Waals surface area contributed by atoms with Crippen molar-refractivity contribution >= 4 is 11.5 Å². The second-order valence-electron chi connectivity index (χ2n) is 7.22. The number of halogens is 3. The van der Waals surface area contributed by atoms with Crippen LogP contribution in [0, 0.1) is 0 Å². The molecule has 7 nitrogen and oxygen atoms in total. The zero-order valence-corrected chi connectivity index (χ0v) is 16.8. The molecule has 2 aromatic heterocycles. The molecule has 0 radical (unpaired) electrons. The molecular formula is C21H19F3N4O3. The number of methoxy groups -OCH3 is 1. The molecule has 3 aromatic rings. The van der Waals surface area contributed by atoms with E-state index < -0.39 is 23.0 Å². The molecule has 2 heterocycles. The third kappa shape index (κ3) is 3.69. The van der Waals surface area contributed by atoms with Gasteiger partial charge >= 0.3 is 6.18 Å². The molecule has 0 spiro atoms. The van der Waals surface area contributed by atoms with Gasteiger partial charge in [-0.3, -0.25) is 9.59 Å². The van der Waals surface area contributed by atoms with Crippen molar-refractivity contribution in [3.8, 4) is 11.4 Å². The number of hydrogen-bond acceptors (Lipinski definition) is 5. The summed E-state index contributed by atoms with van der Waals surface area (Å²) in [5.41, 5.74) is 0.0374. The van der Waals surface area contributed by atoms with E-state index in [0.717, 1.165) is 30.3 Å². The number of anilines is 2. The van der Waals surface area contributed by atoms with E-state index in [-0.39, 0.29) is 16.9 Å². The van der Waals surface area contributed by atoms with Crippen LogP contribution in [0.2, 0.25) is 0 Å². The van der Waals surface area contributed by atoms with E-state index in [9.17, 15) is 22.8 Å². The quantitative estimate of drug-likeness (QED) is 0.685. The number of benzene rings is 1. The van der Waals surface area contributed by atoms with E-state index in [1.54, 1.807) is 25.4 Å². The van der Waals surface area contributed by atoms with E-state index in [1.165, 1.54) is 10.6 Å². The Kier molecular flexibility index (Phi) is 5.08. The molecule has 0 saturated heterocycles. The van der Waals surface area contributed by atoms with Gasteiger partial charge in [0, 0.05) is 30.4 Å². The van der Waals surface area contributed by atoms with Crippen LogP contribution in [0.15, 0.2) is 46.1 Å². The van der Waals surface area contributed by atoms with Crippen molar-refractivity contribution in [3.63, 3.8) is 0 Å². The largest absolute Gasteiger partial charge is 0.496 e. The smallest absolute Gasteiger partial charge is 0.419 e. The highest BCUT2D eigenvalue weighted by Gasteiger charge is 2.34. The summed E-state index contributed by atoms with van der Waals surface area (Å²) < 4.78 is 46.9. The summed E-state index contributed by atoms with van der Waals surface area (Å²) in [4.78, 5) is 25.4. The molecule has 1 N–H and O–H groups in total. The minimum absolute atomic E-state index is 0.133. The zero-order valence-electron chi connectivity index (χ0n) is 16.8. The highest BCUT2D eigenvalue weighted by Crippen LogP contribution is 2.37. The highest BCUT2D eigenvalue weighted by atomic mass is 19.4. The Morgan fingerprint density at radius 3 is 2.55 bits per heavy atom. The first-order valence-corrected chi connectivity index (χ1v) is 9.54. The number of fused-ring (bicyclic) bond motifs is 1. The second kappa shape index (κ2) is 7.60. The van der Waals surface area contributed by atoms with Crippen LogP contribution < -0.4 is 21.2 Å². The summed E-state index contributed by atoms with van der Waals surface area (Å²) in [5.74, 6) is -0.0834. The maximum atomic E-state index is 13.2. The number of rotatable bonds is 4. The van der Waals surface area contributed by atoms with Gasteiger partial charge in [-0.2, -0.15) is 17.9 Å². The molecule has 0 unspecified atom stereocenters. The van der Waals surface area contributed by atoms with Crippen molar-refractivity contribution in [2.75, 3.05) is 12.4 Å². The van der Waals surface area contributed by atoms with Gasteiger partial charge in [-0.15, -0.1) is 5.10 Å². The van der Waals surface area contributed by atoms with Crippen molar-refractivity contribution in [2.45, 2.75) is 25.4 Å². The Hall–Kier alpha value is -3.56. The number of pyridine rings is 1. The number of aryl methyl sites for hydroxylation is 1. The fourth-order valence-corrected chi connectivity index (χ4v) is 3.72. The molecule has 0 fully saturated rings. The lowest BCUT2D eigenvalue weighted by Crippen LogP contribution is -2.27. The zero-order chi connectivity index (χ0) is 22.3. The van der Waals surface area contributed by atoms with Gasteiger partial charge in [0.25, 0.3) is 11.1 Å². The summed E-state index contributed by atoms with van der Waals surface area (Å²) in [6, 6.07) is 6.45. The molecule has 1 aliphatic carbocycles. The predicted molar refractivity (Wildman–Crippen MR) is 108 cm³/mol. The van der Waals surface area contributed by atoms with Crippen LogP contribution in [-0.4, -0.2) is 21.5 Å². The molecule has 4 rings (SSSR count). The number of alkyl halides is 3. The minimum Gasteiger partial charge on any atom is -0.496 e. The predicted octanol–water partition coefficient (Wildman–Crippen LogP) is 3.19. The summed E-state index contributed by atoms with van der Waals surface area (Å²) in [6.45, 7) is 0. The average molecular weight is 432 g/mol. The summed E-state index contributed by atoms with van der Waals surface area (Å²) >= 11 is 0. The Labute approximate surface area is 174 Å². The number of nitrogens with one attached hydrogen (secondary N) is 1. The van der Waals surface area contributed by atoms with Crippen LogP contribution in [0.4, 0.5) is 24.7 Å². The van der Waals surface area contributed by atoms with Crippen LogP contribution in [0.3, 0.4) is 0 Å². The number of hydrogen-bond donors (Lipinski definition) is 1. The van der Waals surface area contributed by atoms with Crippen LogP contribution in [0.5, 0.6) is 5.75 Å². The number of ether oxygens (including phenoxy) is 1. The Morgan fingerprint density at radius 1 is 1.10 bits per heavy atom. The van der Waals surface area contributed by atoms with Gasteiger partial charge in [-0.25, -0.2) is 0 Å². The summed E-state index contributed by atoms with van der Waals surface area (Å²) in [6.07, 6.45) is -1.10. The standard InChI is InChI=1S/C21H19F3N4O3/c1-27-10-4-7-16(20(27)30)25-18-13-5-3-6-14(13)19(29)28(26-18)12-8-9-15(21(22,23)24)17(11-12)31-2/h4,7-11H,3,5-6H2,1-2H3,(H,25,26). The lowest BCUT2D eigenvalue weighted by atomic mass is 10.1. The van der Waals surface area contributed by atoms with Gasteiger partial charge in [-0.1, -0.05) is 0 Å². The molecule has 0 saturated carbocycles. The van der Waals surface area contributed by atoms with Gasteiger partial charge in [0.1, 0.15) is 11.4 Å². The molecule has 0 atom stereocenters. The maximum absolute atomic E-state index is 13.2. The Bertz CT molecular complexity index is 1280. The molecule has 0 bridgehead atoms.